The molecule has 0 spiro atoms. The normalized spacial score (nSPS) is 10.7. The lowest BCUT2D eigenvalue weighted by Gasteiger charge is -2.02. The van der Waals surface area contributed by atoms with E-state index in [4.69, 9.17) is 4.74 Å². The van der Waals surface area contributed by atoms with Gasteiger partial charge in [0.05, 0.1) is 23.9 Å². The molecule has 0 saturated heterocycles. The fourth-order valence-electron chi connectivity index (χ4n) is 2.10. The van der Waals surface area contributed by atoms with Crippen molar-refractivity contribution >= 4 is 11.3 Å². The van der Waals surface area contributed by atoms with Gasteiger partial charge in [0.25, 0.3) is 0 Å². The fraction of sp³-hybridized carbons (Fsp3) is 0.188. The number of thiophene rings is 1. The van der Waals surface area contributed by atoms with Crippen LogP contribution in [-0.4, -0.2) is 17.1 Å². The lowest BCUT2D eigenvalue weighted by molar-refractivity contribution is 0.414. The molecule has 2 heterocycles. The second-order valence-electron chi connectivity index (χ2n) is 4.57. The highest BCUT2D eigenvalue weighted by atomic mass is 32.1. The number of aromatic nitrogens is 2. The maximum atomic E-state index is 5.16. The second kappa shape index (κ2) is 5.92. The zero-order valence-electron chi connectivity index (χ0n) is 11.3. The molecular formula is C16H16N2OS. The van der Waals surface area contributed by atoms with E-state index in [1.807, 2.05) is 18.3 Å². The van der Waals surface area contributed by atoms with E-state index in [9.17, 15) is 0 Å². The highest BCUT2D eigenvalue weighted by Crippen LogP contribution is 2.22. The van der Waals surface area contributed by atoms with Gasteiger partial charge in [0, 0.05) is 6.42 Å². The summed E-state index contributed by atoms with van der Waals surface area (Å²) in [4.78, 5) is 9.06. The van der Waals surface area contributed by atoms with Gasteiger partial charge in [-0.25, -0.2) is 4.98 Å². The summed E-state index contributed by atoms with van der Waals surface area (Å²) in [6.45, 7) is 0. The molecule has 3 nitrogen and oxygen atoms in total. The molecule has 1 N–H and O–H groups in total. The van der Waals surface area contributed by atoms with Gasteiger partial charge in [-0.15, -0.1) is 11.3 Å². The summed E-state index contributed by atoms with van der Waals surface area (Å²) >= 11 is 1.72. The summed E-state index contributed by atoms with van der Waals surface area (Å²) < 4.78 is 5.16. The number of aryl methyl sites for hydroxylation is 2. The number of hydrogen-bond acceptors (Lipinski definition) is 3. The molecule has 0 bridgehead atoms. The summed E-state index contributed by atoms with van der Waals surface area (Å²) in [6, 6.07) is 12.3. The maximum absolute atomic E-state index is 5.16. The number of rotatable bonds is 5. The van der Waals surface area contributed by atoms with E-state index in [1.165, 1.54) is 10.4 Å². The monoisotopic (exact) mass is 284 g/mol. The van der Waals surface area contributed by atoms with Crippen molar-refractivity contribution in [1.29, 1.82) is 0 Å². The predicted molar refractivity (Wildman–Crippen MR) is 82.3 cm³/mol. The molecule has 0 fully saturated rings. The minimum atomic E-state index is 0.895. The molecule has 1 aromatic carbocycles. The van der Waals surface area contributed by atoms with E-state index in [0.29, 0.717) is 0 Å². The van der Waals surface area contributed by atoms with Crippen molar-refractivity contribution in [2.45, 2.75) is 12.8 Å². The molecule has 3 rings (SSSR count). The summed E-state index contributed by atoms with van der Waals surface area (Å²) in [5.74, 6) is 1.93. The van der Waals surface area contributed by atoms with Crippen LogP contribution in [0.25, 0.3) is 10.6 Å². The zero-order valence-corrected chi connectivity index (χ0v) is 12.1. The molecule has 20 heavy (non-hydrogen) atoms. The number of hydrogen-bond donors (Lipinski definition) is 1. The first-order chi connectivity index (χ1) is 9.85. The number of ether oxygens (including phenoxy) is 1. The minimum absolute atomic E-state index is 0.895. The molecule has 0 radical (unpaired) electrons. The Balaban J connectivity index is 1.63. The van der Waals surface area contributed by atoms with E-state index >= 15 is 0 Å². The van der Waals surface area contributed by atoms with Crippen LogP contribution < -0.4 is 4.74 Å². The number of aromatic amines is 1. The second-order valence-corrected chi connectivity index (χ2v) is 5.52. The molecule has 3 aromatic rings. The Kier molecular flexibility index (Phi) is 3.83. The number of benzene rings is 1. The molecule has 0 atom stereocenters. The van der Waals surface area contributed by atoms with Crippen molar-refractivity contribution in [3.05, 3.63) is 59.4 Å². The van der Waals surface area contributed by atoms with Crippen LogP contribution in [0, 0.1) is 0 Å². The average molecular weight is 284 g/mol. The van der Waals surface area contributed by atoms with E-state index in [1.54, 1.807) is 18.4 Å². The van der Waals surface area contributed by atoms with Crippen LogP contribution in [0.15, 0.2) is 48.0 Å². The summed E-state index contributed by atoms with van der Waals surface area (Å²) in [5, 5.41) is 2.08. The maximum Gasteiger partial charge on any atom is 0.118 e. The number of nitrogens with one attached hydrogen (secondary N) is 1. The Hall–Kier alpha value is -2.07. The average Bonchev–Trinajstić information content (AvgIpc) is 3.16. The van der Waals surface area contributed by atoms with Crippen molar-refractivity contribution in [3.63, 3.8) is 0 Å². The molecule has 0 saturated carbocycles. The SMILES string of the molecule is COc1ccc(CCc2ncc(-c3cccs3)[nH]2)cc1. The zero-order chi connectivity index (χ0) is 13.8. The third kappa shape index (κ3) is 2.91. The van der Waals surface area contributed by atoms with Crippen LogP contribution in [0.5, 0.6) is 5.75 Å². The Morgan fingerprint density at radius 1 is 1.15 bits per heavy atom. The van der Waals surface area contributed by atoms with E-state index < -0.39 is 0 Å². The van der Waals surface area contributed by atoms with E-state index in [2.05, 4.69) is 39.6 Å². The smallest absolute Gasteiger partial charge is 0.118 e. The van der Waals surface area contributed by atoms with Crippen molar-refractivity contribution < 1.29 is 4.74 Å². The summed E-state index contributed by atoms with van der Waals surface area (Å²) in [6.07, 6.45) is 3.80. The van der Waals surface area contributed by atoms with Gasteiger partial charge < -0.3 is 9.72 Å². The van der Waals surface area contributed by atoms with Crippen LogP contribution in [0.3, 0.4) is 0 Å². The Bertz CT molecular complexity index is 656. The van der Waals surface area contributed by atoms with Crippen molar-refractivity contribution in [2.75, 3.05) is 7.11 Å². The fourth-order valence-corrected chi connectivity index (χ4v) is 2.79. The highest BCUT2D eigenvalue weighted by molar-refractivity contribution is 7.13. The van der Waals surface area contributed by atoms with Crippen LogP contribution in [-0.2, 0) is 12.8 Å². The predicted octanol–water partition coefficient (Wildman–Crippen LogP) is 3.93. The first kappa shape index (κ1) is 12.9. The highest BCUT2D eigenvalue weighted by Gasteiger charge is 2.04. The summed E-state index contributed by atoms with van der Waals surface area (Å²) in [7, 11) is 1.68. The molecule has 0 aliphatic rings. The largest absolute Gasteiger partial charge is 0.497 e. The Morgan fingerprint density at radius 2 is 2.00 bits per heavy atom. The lowest BCUT2D eigenvalue weighted by Crippen LogP contribution is -1.93. The first-order valence-corrected chi connectivity index (χ1v) is 7.44. The van der Waals surface area contributed by atoms with Crippen molar-refractivity contribution in [2.24, 2.45) is 0 Å². The third-order valence-electron chi connectivity index (χ3n) is 3.22. The van der Waals surface area contributed by atoms with Gasteiger partial charge in [0.15, 0.2) is 0 Å². The van der Waals surface area contributed by atoms with Crippen LogP contribution in [0.4, 0.5) is 0 Å². The molecular weight excluding hydrogens is 268 g/mol. The van der Waals surface area contributed by atoms with E-state index in [0.717, 1.165) is 30.1 Å². The standard InChI is InChI=1S/C16H16N2OS/c1-19-13-7-4-12(5-8-13)6-9-16-17-11-14(18-16)15-3-2-10-20-15/h2-5,7-8,10-11H,6,9H2,1H3,(H,17,18). The van der Waals surface area contributed by atoms with E-state index in [-0.39, 0.29) is 0 Å². The molecule has 102 valence electrons. The number of imidazole rings is 1. The van der Waals surface area contributed by atoms with Gasteiger partial charge in [0.1, 0.15) is 11.6 Å². The van der Waals surface area contributed by atoms with Crippen molar-refractivity contribution in [3.8, 4) is 16.3 Å². The van der Waals surface area contributed by atoms with Crippen LogP contribution >= 0.6 is 11.3 Å². The van der Waals surface area contributed by atoms with Gasteiger partial charge in [-0.3, -0.25) is 0 Å². The topological polar surface area (TPSA) is 37.9 Å². The molecule has 4 heteroatoms. The number of nitrogens with zero attached hydrogens (tertiary/aromatic N) is 1. The lowest BCUT2D eigenvalue weighted by atomic mass is 10.1. The van der Waals surface area contributed by atoms with Gasteiger partial charge in [-0.05, 0) is 35.6 Å². The van der Waals surface area contributed by atoms with Crippen LogP contribution in [0.1, 0.15) is 11.4 Å². The van der Waals surface area contributed by atoms with Gasteiger partial charge in [0.2, 0.25) is 0 Å². The quantitative estimate of drug-likeness (QED) is 0.771. The van der Waals surface area contributed by atoms with Crippen LogP contribution in [0.2, 0.25) is 0 Å². The Morgan fingerprint density at radius 3 is 2.70 bits per heavy atom. The molecule has 0 aliphatic carbocycles. The molecule has 0 aliphatic heterocycles. The first-order valence-electron chi connectivity index (χ1n) is 6.56. The number of H-pyrrole nitrogens is 1. The van der Waals surface area contributed by atoms with Gasteiger partial charge in [-0.1, -0.05) is 18.2 Å². The van der Waals surface area contributed by atoms with Gasteiger partial charge >= 0.3 is 0 Å². The molecule has 0 unspecified atom stereocenters. The Labute approximate surface area is 122 Å². The molecule has 0 amide bonds. The van der Waals surface area contributed by atoms with Crippen molar-refractivity contribution in [1.82, 2.24) is 9.97 Å². The number of methoxy groups -OCH3 is 1. The minimum Gasteiger partial charge on any atom is -0.497 e. The third-order valence-corrected chi connectivity index (χ3v) is 4.13. The molecule has 2 aromatic heterocycles. The summed E-state index contributed by atoms with van der Waals surface area (Å²) in [5.41, 5.74) is 2.39. The van der Waals surface area contributed by atoms with Gasteiger partial charge in [-0.2, -0.15) is 0 Å².